The van der Waals surface area contributed by atoms with Crippen molar-refractivity contribution in [3.8, 4) is 0 Å². The number of piperidine rings is 1. The largest absolute Gasteiger partial charge is 0.371 e. The minimum Gasteiger partial charge on any atom is -0.371 e. The predicted octanol–water partition coefficient (Wildman–Crippen LogP) is 2.88. The van der Waals surface area contributed by atoms with Crippen molar-refractivity contribution in [3.63, 3.8) is 0 Å². The zero-order chi connectivity index (χ0) is 11.7. The Kier molecular flexibility index (Phi) is 3.06. The fourth-order valence-electron chi connectivity index (χ4n) is 2.87. The molecule has 0 aromatic heterocycles. The molecule has 2 N–H and O–H groups in total. The molecular weight excluding hydrogens is 208 g/mol. The Labute approximate surface area is 104 Å². The van der Waals surface area contributed by atoms with Gasteiger partial charge in [-0.15, -0.1) is 0 Å². The summed E-state index contributed by atoms with van der Waals surface area (Å²) in [5.41, 5.74) is 8.91. The van der Waals surface area contributed by atoms with E-state index in [1.807, 2.05) is 0 Å². The summed E-state index contributed by atoms with van der Waals surface area (Å²) in [5.74, 6) is 0.835. The first-order chi connectivity index (χ1) is 8.33. The lowest BCUT2D eigenvalue weighted by Gasteiger charge is -2.33. The lowest BCUT2D eigenvalue weighted by atomic mass is 9.80. The second kappa shape index (κ2) is 4.69. The van der Waals surface area contributed by atoms with Crippen LogP contribution in [0.15, 0.2) is 24.3 Å². The minimum absolute atomic E-state index is 0.418. The summed E-state index contributed by atoms with van der Waals surface area (Å²) in [6, 6.07) is 9.58. The molecule has 0 atom stereocenters. The molecule has 1 aliphatic heterocycles. The third-order valence-corrected chi connectivity index (χ3v) is 4.35. The van der Waals surface area contributed by atoms with Crippen molar-refractivity contribution in [2.24, 2.45) is 5.73 Å². The zero-order valence-electron chi connectivity index (χ0n) is 10.4. The van der Waals surface area contributed by atoms with E-state index in [4.69, 9.17) is 5.73 Å². The van der Waals surface area contributed by atoms with E-state index < -0.39 is 0 Å². The summed E-state index contributed by atoms with van der Waals surface area (Å²) in [4.78, 5) is 2.49. The molecule has 0 amide bonds. The molecule has 1 aromatic rings. The van der Waals surface area contributed by atoms with Crippen LogP contribution in [0.5, 0.6) is 0 Å². The Morgan fingerprint density at radius 3 is 2.47 bits per heavy atom. The zero-order valence-corrected chi connectivity index (χ0v) is 10.4. The molecule has 1 aromatic carbocycles. The summed E-state index contributed by atoms with van der Waals surface area (Å²) >= 11 is 0. The van der Waals surface area contributed by atoms with Crippen LogP contribution in [0.25, 0.3) is 0 Å². The highest BCUT2D eigenvalue weighted by Gasteiger charge is 2.21. The van der Waals surface area contributed by atoms with E-state index in [-0.39, 0.29) is 0 Å². The Balaban J connectivity index is 1.73. The van der Waals surface area contributed by atoms with Gasteiger partial charge in [-0.05, 0) is 49.3 Å². The van der Waals surface area contributed by atoms with Gasteiger partial charge < -0.3 is 10.6 Å². The highest BCUT2D eigenvalue weighted by Crippen LogP contribution is 2.37. The number of nitrogens with two attached hydrogens (primary N) is 1. The number of nitrogens with zero attached hydrogens (tertiary/aromatic N) is 1. The molecule has 1 heterocycles. The van der Waals surface area contributed by atoms with Crippen LogP contribution in [-0.4, -0.2) is 19.1 Å². The number of rotatable bonds is 2. The van der Waals surface area contributed by atoms with E-state index in [1.165, 1.54) is 24.9 Å². The van der Waals surface area contributed by atoms with Gasteiger partial charge in [0.15, 0.2) is 0 Å². The van der Waals surface area contributed by atoms with Crippen LogP contribution in [0.3, 0.4) is 0 Å². The Hall–Kier alpha value is -1.02. The van der Waals surface area contributed by atoms with Crippen molar-refractivity contribution in [2.45, 2.75) is 44.1 Å². The quantitative estimate of drug-likeness (QED) is 0.846. The van der Waals surface area contributed by atoms with Crippen LogP contribution in [0, 0.1) is 0 Å². The highest BCUT2D eigenvalue weighted by atomic mass is 15.1. The average Bonchev–Trinajstić information content (AvgIpc) is 2.28. The highest BCUT2D eigenvalue weighted by molar-refractivity contribution is 5.50. The third-order valence-electron chi connectivity index (χ3n) is 4.35. The molecule has 1 saturated heterocycles. The standard InChI is InChI=1S/C15H22N2/c16-14-7-9-17(10-8-14)15-6-2-5-13(11-15)12-3-1-4-12/h2,5-6,11-12,14H,1,3-4,7-10,16H2. The monoisotopic (exact) mass is 230 g/mol. The molecule has 3 rings (SSSR count). The summed E-state index contributed by atoms with van der Waals surface area (Å²) in [6.07, 6.45) is 6.44. The van der Waals surface area contributed by atoms with Crippen molar-refractivity contribution in [2.75, 3.05) is 18.0 Å². The first-order valence-corrected chi connectivity index (χ1v) is 6.93. The van der Waals surface area contributed by atoms with Crippen molar-refractivity contribution in [1.82, 2.24) is 0 Å². The van der Waals surface area contributed by atoms with Crippen LogP contribution in [0.1, 0.15) is 43.6 Å². The Bertz CT molecular complexity index is 376. The second-order valence-electron chi connectivity index (χ2n) is 5.55. The van der Waals surface area contributed by atoms with Crippen molar-refractivity contribution in [1.29, 1.82) is 0 Å². The normalized spacial score (nSPS) is 22.5. The molecule has 17 heavy (non-hydrogen) atoms. The third kappa shape index (κ3) is 2.32. The predicted molar refractivity (Wildman–Crippen MR) is 72.5 cm³/mol. The van der Waals surface area contributed by atoms with Gasteiger partial charge in [0.05, 0.1) is 0 Å². The average molecular weight is 230 g/mol. The second-order valence-corrected chi connectivity index (χ2v) is 5.55. The number of anilines is 1. The molecule has 1 aliphatic carbocycles. The molecule has 2 nitrogen and oxygen atoms in total. The lowest BCUT2D eigenvalue weighted by Crippen LogP contribution is -2.39. The van der Waals surface area contributed by atoms with Crippen LogP contribution < -0.4 is 10.6 Å². The van der Waals surface area contributed by atoms with Crippen LogP contribution >= 0.6 is 0 Å². The van der Waals surface area contributed by atoms with Gasteiger partial charge in [-0.2, -0.15) is 0 Å². The maximum absolute atomic E-state index is 5.96. The maximum Gasteiger partial charge on any atom is 0.0369 e. The molecule has 0 bridgehead atoms. The first kappa shape index (κ1) is 11.1. The first-order valence-electron chi connectivity index (χ1n) is 6.93. The lowest BCUT2D eigenvalue weighted by molar-refractivity contribution is 0.419. The van der Waals surface area contributed by atoms with Crippen molar-refractivity contribution >= 4 is 5.69 Å². The van der Waals surface area contributed by atoms with E-state index in [0.29, 0.717) is 6.04 Å². The van der Waals surface area contributed by atoms with Gasteiger partial charge >= 0.3 is 0 Å². The van der Waals surface area contributed by atoms with Gasteiger partial charge in [-0.25, -0.2) is 0 Å². The molecule has 92 valence electrons. The molecule has 0 unspecified atom stereocenters. The SMILES string of the molecule is NC1CCN(c2cccc(C3CCC3)c2)CC1. The fraction of sp³-hybridized carbons (Fsp3) is 0.600. The Morgan fingerprint density at radius 1 is 1.06 bits per heavy atom. The van der Waals surface area contributed by atoms with E-state index >= 15 is 0 Å². The number of hydrogen-bond donors (Lipinski definition) is 1. The van der Waals surface area contributed by atoms with E-state index in [0.717, 1.165) is 31.8 Å². The van der Waals surface area contributed by atoms with Gasteiger partial charge in [-0.3, -0.25) is 0 Å². The Morgan fingerprint density at radius 2 is 1.82 bits per heavy atom. The molecule has 1 saturated carbocycles. The van der Waals surface area contributed by atoms with E-state index in [9.17, 15) is 0 Å². The van der Waals surface area contributed by atoms with E-state index in [1.54, 1.807) is 5.56 Å². The maximum atomic E-state index is 5.96. The van der Waals surface area contributed by atoms with Crippen LogP contribution in [-0.2, 0) is 0 Å². The molecular formula is C15H22N2. The fourth-order valence-corrected chi connectivity index (χ4v) is 2.87. The van der Waals surface area contributed by atoms with Gasteiger partial charge in [0.1, 0.15) is 0 Å². The van der Waals surface area contributed by atoms with Crippen LogP contribution in [0.4, 0.5) is 5.69 Å². The molecule has 2 heteroatoms. The molecule has 2 fully saturated rings. The van der Waals surface area contributed by atoms with Gasteiger partial charge in [0.25, 0.3) is 0 Å². The van der Waals surface area contributed by atoms with E-state index in [2.05, 4.69) is 29.2 Å². The summed E-state index contributed by atoms with van der Waals surface area (Å²) < 4.78 is 0. The summed E-state index contributed by atoms with van der Waals surface area (Å²) in [5, 5.41) is 0. The summed E-state index contributed by atoms with van der Waals surface area (Å²) in [6.45, 7) is 2.24. The van der Waals surface area contributed by atoms with Gasteiger partial charge in [-0.1, -0.05) is 18.6 Å². The van der Waals surface area contributed by atoms with Crippen molar-refractivity contribution in [3.05, 3.63) is 29.8 Å². The van der Waals surface area contributed by atoms with Gasteiger partial charge in [0.2, 0.25) is 0 Å². The smallest absolute Gasteiger partial charge is 0.0369 e. The molecule has 2 aliphatic rings. The molecule has 0 radical (unpaired) electrons. The minimum atomic E-state index is 0.418. The van der Waals surface area contributed by atoms with Gasteiger partial charge in [0, 0.05) is 24.8 Å². The number of hydrogen-bond acceptors (Lipinski definition) is 2. The summed E-state index contributed by atoms with van der Waals surface area (Å²) in [7, 11) is 0. The topological polar surface area (TPSA) is 29.3 Å². The number of benzene rings is 1. The molecule has 0 spiro atoms. The van der Waals surface area contributed by atoms with Crippen LogP contribution in [0.2, 0.25) is 0 Å². The van der Waals surface area contributed by atoms with Crippen molar-refractivity contribution < 1.29 is 0 Å².